The van der Waals surface area contributed by atoms with Crippen LogP contribution in [0.15, 0.2) is 24.3 Å². The molecular weight excluding hydrogens is 216 g/mol. The van der Waals surface area contributed by atoms with Gasteiger partial charge in [0.05, 0.1) is 11.3 Å². The maximum atomic E-state index is 11.3. The van der Waals surface area contributed by atoms with E-state index in [1.54, 1.807) is 25.1 Å². The second-order valence-electron chi connectivity index (χ2n) is 3.02. The average molecular weight is 227 g/mol. The van der Waals surface area contributed by atoms with Crippen molar-refractivity contribution >= 4 is 29.1 Å². The molecule has 15 heavy (non-hydrogen) atoms. The topological polar surface area (TPSA) is 72.2 Å². The molecule has 0 aliphatic rings. The maximum Gasteiger partial charge on any atom is 0.250 e. The first-order valence-corrected chi connectivity index (χ1v) is 4.79. The smallest absolute Gasteiger partial charge is 0.250 e. The molecule has 3 N–H and O–H groups in total. The predicted molar refractivity (Wildman–Crippen MR) is 58.9 cm³/mol. The zero-order valence-corrected chi connectivity index (χ0v) is 8.91. The fourth-order valence-electron chi connectivity index (χ4n) is 1.04. The number of hydrogen-bond donors (Lipinski definition) is 2. The molecule has 2 amide bonds. The fourth-order valence-corrected chi connectivity index (χ4v) is 1.09. The Morgan fingerprint density at radius 3 is 2.53 bits per heavy atom. The summed E-state index contributed by atoms with van der Waals surface area (Å²) in [7, 11) is 0. The van der Waals surface area contributed by atoms with Gasteiger partial charge < -0.3 is 11.1 Å². The summed E-state index contributed by atoms with van der Waals surface area (Å²) in [6.07, 6.45) is 0. The van der Waals surface area contributed by atoms with Crippen LogP contribution in [0.25, 0.3) is 0 Å². The first-order chi connectivity index (χ1) is 7.02. The fraction of sp³-hybridized carbons (Fsp3) is 0.200. The third-order valence-electron chi connectivity index (χ3n) is 1.81. The van der Waals surface area contributed by atoms with Crippen LogP contribution in [0.1, 0.15) is 17.3 Å². The van der Waals surface area contributed by atoms with Gasteiger partial charge in [0.1, 0.15) is 5.38 Å². The summed E-state index contributed by atoms with van der Waals surface area (Å²) in [6, 6.07) is 6.49. The number of carbonyl (C=O) groups is 2. The van der Waals surface area contributed by atoms with Gasteiger partial charge in [0.15, 0.2) is 0 Å². The van der Waals surface area contributed by atoms with E-state index in [1.165, 1.54) is 6.07 Å². The molecule has 80 valence electrons. The van der Waals surface area contributed by atoms with Crippen molar-refractivity contribution in [1.82, 2.24) is 0 Å². The van der Waals surface area contributed by atoms with E-state index < -0.39 is 11.3 Å². The van der Waals surface area contributed by atoms with E-state index in [1.807, 2.05) is 0 Å². The molecule has 0 saturated heterocycles. The van der Waals surface area contributed by atoms with Crippen LogP contribution in [0.5, 0.6) is 0 Å². The van der Waals surface area contributed by atoms with Gasteiger partial charge in [-0.05, 0) is 19.1 Å². The number of hydrogen-bond acceptors (Lipinski definition) is 2. The summed E-state index contributed by atoms with van der Waals surface area (Å²) in [5.41, 5.74) is 5.79. The summed E-state index contributed by atoms with van der Waals surface area (Å²) in [6.45, 7) is 1.55. The van der Waals surface area contributed by atoms with Crippen LogP contribution >= 0.6 is 11.6 Å². The Bertz CT molecular complexity index is 391. The Labute approximate surface area is 92.4 Å². The third kappa shape index (κ3) is 2.95. The molecule has 0 heterocycles. The predicted octanol–water partition coefficient (Wildman–Crippen LogP) is 1.35. The molecule has 0 aliphatic heterocycles. The Hall–Kier alpha value is -1.55. The number of halogens is 1. The largest absolute Gasteiger partial charge is 0.366 e. The van der Waals surface area contributed by atoms with Crippen LogP contribution in [0, 0.1) is 0 Å². The van der Waals surface area contributed by atoms with Crippen molar-refractivity contribution in [2.75, 3.05) is 5.32 Å². The van der Waals surface area contributed by atoms with Gasteiger partial charge in [-0.2, -0.15) is 0 Å². The second kappa shape index (κ2) is 4.79. The molecular formula is C10H11ClN2O2. The molecule has 0 fully saturated rings. The minimum Gasteiger partial charge on any atom is -0.366 e. The molecule has 1 aromatic rings. The van der Waals surface area contributed by atoms with Crippen molar-refractivity contribution in [3.05, 3.63) is 29.8 Å². The number of nitrogens with one attached hydrogen (secondary N) is 1. The molecule has 1 aromatic carbocycles. The van der Waals surface area contributed by atoms with Gasteiger partial charge in [-0.1, -0.05) is 12.1 Å². The molecule has 0 aromatic heterocycles. The van der Waals surface area contributed by atoms with Crippen LogP contribution in [0.3, 0.4) is 0 Å². The molecule has 5 heteroatoms. The van der Waals surface area contributed by atoms with Crippen molar-refractivity contribution in [2.45, 2.75) is 12.3 Å². The molecule has 0 aliphatic carbocycles. The minimum absolute atomic E-state index is 0.267. The Balaban J connectivity index is 2.94. The third-order valence-corrected chi connectivity index (χ3v) is 2.01. The minimum atomic E-state index is -0.661. The van der Waals surface area contributed by atoms with Crippen molar-refractivity contribution in [1.29, 1.82) is 0 Å². The van der Waals surface area contributed by atoms with E-state index in [9.17, 15) is 9.59 Å². The number of carbonyl (C=O) groups excluding carboxylic acids is 2. The van der Waals surface area contributed by atoms with Crippen molar-refractivity contribution in [3.8, 4) is 0 Å². The zero-order valence-electron chi connectivity index (χ0n) is 8.16. The van der Waals surface area contributed by atoms with Crippen molar-refractivity contribution in [2.24, 2.45) is 5.73 Å². The number of rotatable bonds is 3. The second-order valence-corrected chi connectivity index (χ2v) is 3.67. The first-order valence-electron chi connectivity index (χ1n) is 4.36. The molecule has 1 atom stereocenters. The number of alkyl halides is 1. The summed E-state index contributed by atoms with van der Waals surface area (Å²) in [5.74, 6) is -0.960. The summed E-state index contributed by atoms with van der Waals surface area (Å²) >= 11 is 5.58. The van der Waals surface area contributed by atoms with Gasteiger partial charge in [-0.15, -0.1) is 11.6 Å². The first kappa shape index (κ1) is 11.5. The van der Waals surface area contributed by atoms with Gasteiger partial charge in [-0.25, -0.2) is 0 Å². The molecule has 4 nitrogen and oxygen atoms in total. The van der Waals surface area contributed by atoms with Crippen LogP contribution in [-0.4, -0.2) is 17.2 Å². The van der Waals surface area contributed by atoms with E-state index >= 15 is 0 Å². The van der Waals surface area contributed by atoms with E-state index in [0.717, 1.165) is 0 Å². The van der Waals surface area contributed by atoms with E-state index in [-0.39, 0.29) is 11.5 Å². The molecule has 0 unspecified atom stereocenters. The lowest BCUT2D eigenvalue weighted by Gasteiger charge is -2.09. The number of benzene rings is 1. The van der Waals surface area contributed by atoms with E-state index in [0.29, 0.717) is 5.69 Å². The van der Waals surface area contributed by atoms with Crippen molar-refractivity contribution in [3.63, 3.8) is 0 Å². The normalized spacial score (nSPS) is 11.9. The van der Waals surface area contributed by atoms with Crippen LogP contribution in [0.4, 0.5) is 5.69 Å². The highest BCUT2D eigenvalue weighted by Crippen LogP contribution is 2.14. The molecule has 0 spiro atoms. The van der Waals surface area contributed by atoms with Gasteiger partial charge in [0, 0.05) is 0 Å². The number of amides is 2. The quantitative estimate of drug-likeness (QED) is 0.764. The Kier molecular flexibility index (Phi) is 3.68. The Morgan fingerprint density at radius 1 is 1.40 bits per heavy atom. The highest BCUT2D eigenvalue weighted by molar-refractivity contribution is 6.32. The lowest BCUT2D eigenvalue weighted by molar-refractivity contribution is -0.115. The maximum absolute atomic E-state index is 11.3. The number of anilines is 1. The van der Waals surface area contributed by atoms with E-state index in [4.69, 9.17) is 17.3 Å². The Morgan fingerprint density at radius 2 is 2.00 bits per heavy atom. The van der Waals surface area contributed by atoms with Crippen molar-refractivity contribution < 1.29 is 9.59 Å². The molecule has 0 bridgehead atoms. The summed E-state index contributed by atoms with van der Waals surface area (Å²) in [5, 5.41) is 1.86. The average Bonchev–Trinajstić information content (AvgIpc) is 2.18. The SMILES string of the molecule is C[C@@H](Cl)C(=O)Nc1ccccc1C(N)=O. The van der Waals surface area contributed by atoms with E-state index in [2.05, 4.69) is 5.32 Å². The molecule has 0 saturated carbocycles. The van der Waals surface area contributed by atoms with Crippen LogP contribution in [0.2, 0.25) is 0 Å². The highest BCUT2D eigenvalue weighted by Gasteiger charge is 2.13. The molecule has 1 rings (SSSR count). The van der Waals surface area contributed by atoms with Crippen LogP contribution in [-0.2, 0) is 4.79 Å². The van der Waals surface area contributed by atoms with Crippen LogP contribution < -0.4 is 11.1 Å². The van der Waals surface area contributed by atoms with Gasteiger partial charge in [0.2, 0.25) is 5.91 Å². The summed E-state index contributed by atoms with van der Waals surface area (Å²) < 4.78 is 0. The van der Waals surface area contributed by atoms with Gasteiger partial charge >= 0.3 is 0 Å². The zero-order chi connectivity index (χ0) is 11.4. The lowest BCUT2D eigenvalue weighted by atomic mass is 10.1. The summed E-state index contributed by atoms with van der Waals surface area (Å²) in [4.78, 5) is 22.3. The highest BCUT2D eigenvalue weighted by atomic mass is 35.5. The number of nitrogens with two attached hydrogens (primary N) is 1. The lowest BCUT2D eigenvalue weighted by Crippen LogP contribution is -2.23. The van der Waals surface area contributed by atoms with Gasteiger partial charge in [-0.3, -0.25) is 9.59 Å². The standard InChI is InChI=1S/C10H11ClN2O2/c1-6(11)10(15)13-8-5-3-2-4-7(8)9(12)14/h2-6H,1H3,(H2,12,14)(H,13,15)/t6-/m1/s1. The number of para-hydroxylation sites is 1. The monoisotopic (exact) mass is 226 g/mol. The van der Waals surface area contributed by atoms with Gasteiger partial charge in [0.25, 0.3) is 5.91 Å². The molecule has 0 radical (unpaired) electrons. The number of primary amides is 1.